The van der Waals surface area contributed by atoms with Crippen LogP contribution in [0.4, 0.5) is 11.4 Å². The van der Waals surface area contributed by atoms with E-state index in [1.807, 2.05) is 30.0 Å². The van der Waals surface area contributed by atoms with Gasteiger partial charge in [-0.15, -0.1) is 0 Å². The van der Waals surface area contributed by atoms with Gasteiger partial charge in [0, 0.05) is 43.0 Å². The van der Waals surface area contributed by atoms with Crippen molar-refractivity contribution in [1.29, 1.82) is 0 Å². The molecule has 1 fully saturated rings. The van der Waals surface area contributed by atoms with Crippen molar-refractivity contribution in [3.63, 3.8) is 0 Å². The van der Waals surface area contributed by atoms with Gasteiger partial charge in [-0.05, 0) is 44.0 Å². The van der Waals surface area contributed by atoms with E-state index in [2.05, 4.69) is 21.1 Å². The van der Waals surface area contributed by atoms with Crippen LogP contribution in [0.15, 0.2) is 59.4 Å². The van der Waals surface area contributed by atoms with Crippen molar-refractivity contribution in [2.24, 2.45) is 0 Å². The minimum absolute atomic E-state index is 0.153. The molecule has 0 radical (unpaired) electrons. The van der Waals surface area contributed by atoms with Gasteiger partial charge in [-0.2, -0.15) is 0 Å². The van der Waals surface area contributed by atoms with Crippen LogP contribution in [-0.4, -0.2) is 35.2 Å². The predicted octanol–water partition coefficient (Wildman–Crippen LogP) is 5.61. The van der Waals surface area contributed by atoms with E-state index in [9.17, 15) is 4.79 Å². The Morgan fingerprint density at radius 2 is 1.94 bits per heavy atom. The molecular formula is C25H21ClN4O3. The number of ether oxygens (including phenoxy) is 1. The molecule has 0 bridgehead atoms. The van der Waals surface area contributed by atoms with E-state index in [0.717, 1.165) is 29.0 Å². The summed E-state index contributed by atoms with van der Waals surface area (Å²) in [6.07, 6.45) is 5.56. The highest BCUT2D eigenvalue weighted by Gasteiger charge is 2.36. The zero-order valence-corrected chi connectivity index (χ0v) is 18.7. The Kier molecular flexibility index (Phi) is 4.73. The number of halogens is 1. The molecule has 7 nitrogen and oxygen atoms in total. The van der Waals surface area contributed by atoms with Crippen molar-refractivity contribution in [1.82, 2.24) is 10.1 Å². The standard InChI is InChI=1S/C25H21ClN4O3/c1-15-17-12-24(19(26)13-23(17)33-28-15)32-22-8-9-27-14-18(22)25(31)30-11-10-29(16-6-7-16)20-4-2-3-5-21(20)30/h2-5,8-9,12-14,16H,6-7,10-11H2,1H3. The van der Waals surface area contributed by atoms with Gasteiger partial charge in [0.2, 0.25) is 0 Å². The predicted molar refractivity (Wildman–Crippen MR) is 127 cm³/mol. The highest BCUT2D eigenvalue weighted by molar-refractivity contribution is 6.32. The molecule has 1 saturated carbocycles. The molecule has 6 rings (SSSR count). The monoisotopic (exact) mass is 460 g/mol. The average Bonchev–Trinajstić information content (AvgIpc) is 3.62. The second-order valence-electron chi connectivity index (χ2n) is 8.39. The van der Waals surface area contributed by atoms with E-state index in [1.54, 1.807) is 30.6 Å². The van der Waals surface area contributed by atoms with Crippen LogP contribution >= 0.6 is 11.6 Å². The molecule has 33 heavy (non-hydrogen) atoms. The summed E-state index contributed by atoms with van der Waals surface area (Å²) >= 11 is 6.43. The molecule has 1 aliphatic heterocycles. The number of anilines is 2. The molecule has 1 amide bonds. The summed E-state index contributed by atoms with van der Waals surface area (Å²) in [5.41, 5.74) is 3.71. The second kappa shape index (κ2) is 7.78. The number of nitrogens with zero attached hydrogens (tertiary/aromatic N) is 4. The first-order valence-electron chi connectivity index (χ1n) is 10.9. The van der Waals surface area contributed by atoms with Gasteiger partial charge in [-0.3, -0.25) is 9.78 Å². The van der Waals surface area contributed by atoms with Gasteiger partial charge in [0.25, 0.3) is 5.91 Å². The fraction of sp³-hybridized carbons (Fsp3) is 0.240. The topological polar surface area (TPSA) is 71.7 Å². The largest absolute Gasteiger partial charge is 0.455 e. The Morgan fingerprint density at radius 3 is 2.76 bits per heavy atom. The van der Waals surface area contributed by atoms with E-state index in [4.69, 9.17) is 20.9 Å². The van der Waals surface area contributed by atoms with Crippen LogP contribution < -0.4 is 14.5 Å². The van der Waals surface area contributed by atoms with E-state index < -0.39 is 0 Å². The minimum atomic E-state index is -0.153. The van der Waals surface area contributed by atoms with Gasteiger partial charge in [0.1, 0.15) is 17.1 Å². The molecule has 8 heteroatoms. The number of amides is 1. The lowest BCUT2D eigenvalue weighted by Crippen LogP contribution is -2.45. The molecule has 0 atom stereocenters. The van der Waals surface area contributed by atoms with Crippen molar-refractivity contribution in [2.45, 2.75) is 25.8 Å². The van der Waals surface area contributed by atoms with Crippen LogP contribution in [0.3, 0.4) is 0 Å². The minimum Gasteiger partial charge on any atom is -0.455 e. The molecular weight excluding hydrogens is 440 g/mol. The number of rotatable bonds is 4. The molecule has 2 aromatic heterocycles. The Labute approximate surface area is 195 Å². The van der Waals surface area contributed by atoms with Crippen LogP contribution in [0.25, 0.3) is 11.0 Å². The maximum Gasteiger partial charge on any atom is 0.263 e. The zero-order valence-electron chi connectivity index (χ0n) is 18.0. The van der Waals surface area contributed by atoms with Crippen LogP contribution in [0.5, 0.6) is 11.5 Å². The first-order valence-corrected chi connectivity index (χ1v) is 11.3. The summed E-state index contributed by atoms with van der Waals surface area (Å²) in [6, 6.07) is 13.8. The fourth-order valence-electron chi connectivity index (χ4n) is 4.39. The maximum atomic E-state index is 13.7. The number of hydrogen-bond acceptors (Lipinski definition) is 6. The fourth-order valence-corrected chi connectivity index (χ4v) is 4.59. The molecule has 1 aliphatic carbocycles. The third-order valence-electron chi connectivity index (χ3n) is 6.22. The summed E-state index contributed by atoms with van der Waals surface area (Å²) in [5.74, 6) is 0.668. The summed E-state index contributed by atoms with van der Waals surface area (Å²) in [7, 11) is 0. The van der Waals surface area contributed by atoms with Gasteiger partial charge in [-0.25, -0.2) is 0 Å². The SMILES string of the molecule is Cc1noc2cc(Cl)c(Oc3ccncc3C(=O)N3CCN(C4CC4)c4ccccc43)cc12. The smallest absolute Gasteiger partial charge is 0.263 e. The number of hydrogen-bond donors (Lipinski definition) is 0. The quantitative estimate of drug-likeness (QED) is 0.394. The summed E-state index contributed by atoms with van der Waals surface area (Å²) in [4.78, 5) is 22.1. The van der Waals surface area contributed by atoms with Gasteiger partial charge in [-0.1, -0.05) is 28.9 Å². The van der Waals surface area contributed by atoms with Gasteiger partial charge in [0.05, 0.1) is 22.1 Å². The lowest BCUT2D eigenvalue weighted by atomic mass is 10.1. The number of aryl methyl sites for hydroxylation is 1. The normalized spacial score (nSPS) is 15.6. The van der Waals surface area contributed by atoms with Gasteiger partial charge >= 0.3 is 0 Å². The van der Waals surface area contributed by atoms with Crippen LogP contribution in [0.2, 0.25) is 5.02 Å². The number of para-hydroxylation sites is 2. The highest BCUT2D eigenvalue weighted by atomic mass is 35.5. The summed E-state index contributed by atoms with van der Waals surface area (Å²) < 4.78 is 11.4. The molecule has 0 N–H and O–H groups in total. The van der Waals surface area contributed by atoms with Crippen molar-refractivity contribution < 1.29 is 14.1 Å². The van der Waals surface area contributed by atoms with Gasteiger partial charge < -0.3 is 19.1 Å². The lowest BCUT2D eigenvalue weighted by Gasteiger charge is -2.38. The first kappa shape index (κ1) is 20.1. The molecule has 3 heterocycles. The third-order valence-corrected chi connectivity index (χ3v) is 6.51. The van der Waals surface area contributed by atoms with Crippen molar-refractivity contribution in [3.05, 3.63) is 71.1 Å². The van der Waals surface area contributed by atoms with E-state index in [-0.39, 0.29) is 5.91 Å². The van der Waals surface area contributed by atoms with Gasteiger partial charge in [0.15, 0.2) is 5.58 Å². The number of carbonyl (C=O) groups excluding carboxylic acids is 1. The average molecular weight is 461 g/mol. The van der Waals surface area contributed by atoms with Crippen molar-refractivity contribution in [2.75, 3.05) is 22.9 Å². The molecule has 0 spiro atoms. The Balaban J connectivity index is 1.35. The summed E-state index contributed by atoms with van der Waals surface area (Å²) in [6.45, 7) is 3.26. The molecule has 2 aromatic carbocycles. The number of aromatic nitrogens is 2. The lowest BCUT2D eigenvalue weighted by molar-refractivity contribution is 0.0984. The number of benzene rings is 2. The molecule has 0 unspecified atom stereocenters. The highest BCUT2D eigenvalue weighted by Crippen LogP contribution is 2.41. The Hall–Kier alpha value is -3.58. The number of pyridine rings is 1. The number of carbonyl (C=O) groups is 1. The van der Waals surface area contributed by atoms with E-state index >= 15 is 0 Å². The molecule has 0 saturated heterocycles. The van der Waals surface area contributed by atoms with Crippen LogP contribution in [0.1, 0.15) is 28.9 Å². The van der Waals surface area contributed by atoms with Crippen LogP contribution in [0, 0.1) is 6.92 Å². The molecule has 2 aliphatic rings. The third kappa shape index (κ3) is 3.49. The summed E-state index contributed by atoms with van der Waals surface area (Å²) in [5, 5.41) is 5.15. The number of fused-ring (bicyclic) bond motifs is 2. The van der Waals surface area contributed by atoms with Crippen molar-refractivity contribution in [3.8, 4) is 11.5 Å². The van der Waals surface area contributed by atoms with E-state index in [1.165, 1.54) is 12.8 Å². The molecule has 166 valence electrons. The first-order chi connectivity index (χ1) is 16.1. The van der Waals surface area contributed by atoms with Crippen molar-refractivity contribution >= 4 is 39.9 Å². The zero-order chi connectivity index (χ0) is 22.5. The van der Waals surface area contributed by atoms with Crippen LogP contribution in [-0.2, 0) is 0 Å². The maximum absolute atomic E-state index is 13.7. The molecule has 4 aromatic rings. The Morgan fingerprint density at radius 1 is 1.12 bits per heavy atom. The van der Waals surface area contributed by atoms with E-state index in [0.29, 0.717) is 40.3 Å². The second-order valence-corrected chi connectivity index (χ2v) is 8.80. The Bertz CT molecular complexity index is 1380.